The number of aryl methyl sites for hydroxylation is 2. The third-order valence-corrected chi connectivity index (χ3v) is 5.42. The summed E-state index contributed by atoms with van der Waals surface area (Å²) >= 11 is 6.04. The van der Waals surface area contributed by atoms with E-state index in [0.717, 1.165) is 42.3 Å². The number of halogens is 1. The van der Waals surface area contributed by atoms with Gasteiger partial charge in [0.15, 0.2) is 0 Å². The highest BCUT2D eigenvalue weighted by Crippen LogP contribution is 2.37. The lowest BCUT2D eigenvalue weighted by molar-refractivity contribution is 0.222. The van der Waals surface area contributed by atoms with Gasteiger partial charge in [0.25, 0.3) is 0 Å². The van der Waals surface area contributed by atoms with Gasteiger partial charge in [-0.1, -0.05) is 23.7 Å². The minimum atomic E-state index is -0.111. The number of nitrogens with one attached hydrogen (secondary N) is 2. The summed E-state index contributed by atoms with van der Waals surface area (Å²) < 4.78 is 2.21. The molecule has 2 aromatic rings. The fraction of sp³-hybridized carbons (Fsp3) is 0.474. The number of fused-ring (bicyclic) bond motifs is 1. The monoisotopic (exact) mass is 358 g/mol. The molecule has 2 heterocycles. The van der Waals surface area contributed by atoms with E-state index < -0.39 is 0 Å². The van der Waals surface area contributed by atoms with Crippen molar-refractivity contribution in [2.24, 2.45) is 0 Å². The first-order valence-electron chi connectivity index (χ1n) is 9.02. The molecule has 2 N–H and O–H groups in total. The second-order valence-corrected chi connectivity index (χ2v) is 7.48. The summed E-state index contributed by atoms with van der Waals surface area (Å²) in [6, 6.07) is 8.12. The van der Waals surface area contributed by atoms with Crippen LogP contribution in [-0.2, 0) is 19.5 Å². The minimum Gasteiger partial charge on any atom is -0.335 e. The van der Waals surface area contributed by atoms with Crippen LogP contribution in [0.15, 0.2) is 30.5 Å². The fourth-order valence-electron chi connectivity index (χ4n) is 3.73. The van der Waals surface area contributed by atoms with Crippen LogP contribution in [0.2, 0.25) is 5.02 Å². The number of carbonyl (C=O) groups is 1. The van der Waals surface area contributed by atoms with Crippen LogP contribution in [-0.4, -0.2) is 21.6 Å². The molecule has 0 bridgehead atoms. The van der Waals surface area contributed by atoms with E-state index in [-0.39, 0.29) is 12.1 Å². The minimum absolute atomic E-state index is 0.111. The Morgan fingerprint density at radius 1 is 1.32 bits per heavy atom. The summed E-state index contributed by atoms with van der Waals surface area (Å²) in [4.78, 5) is 16.7. The number of urea groups is 1. The van der Waals surface area contributed by atoms with E-state index in [1.54, 1.807) is 0 Å². The molecule has 0 atom stereocenters. The van der Waals surface area contributed by atoms with Crippen LogP contribution in [0.5, 0.6) is 0 Å². The van der Waals surface area contributed by atoms with Gasteiger partial charge in [-0.25, -0.2) is 9.78 Å². The van der Waals surface area contributed by atoms with Gasteiger partial charge >= 0.3 is 6.03 Å². The molecule has 4 rings (SSSR count). The number of rotatable bonds is 4. The van der Waals surface area contributed by atoms with Crippen LogP contribution in [0, 0.1) is 0 Å². The lowest BCUT2D eigenvalue weighted by Crippen LogP contribution is -2.47. The number of imidazole rings is 1. The van der Waals surface area contributed by atoms with Crippen LogP contribution in [0.4, 0.5) is 4.79 Å². The van der Waals surface area contributed by atoms with Gasteiger partial charge < -0.3 is 15.2 Å². The summed E-state index contributed by atoms with van der Waals surface area (Å²) in [6.07, 6.45) is 7.46. The van der Waals surface area contributed by atoms with E-state index in [4.69, 9.17) is 11.6 Å². The van der Waals surface area contributed by atoms with E-state index in [1.807, 2.05) is 18.2 Å². The average molecular weight is 359 g/mol. The maximum absolute atomic E-state index is 12.1. The summed E-state index contributed by atoms with van der Waals surface area (Å²) in [5, 5.41) is 6.74. The van der Waals surface area contributed by atoms with Crippen molar-refractivity contribution in [3.05, 3.63) is 52.6 Å². The van der Waals surface area contributed by atoms with Crippen molar-refractivity contribution >= 4 is 17.6 Å². The Hall–Kier alpha value is -2.01. The first-order chi connectivity index (χ1) is 12.2. The number of carbonyl (C=O) groups excluding carboxylic acids is 1. The van der Waals surface area contributed by atoms with Gasteiger partial charge in [0.05, 0.1) is 12.2 Å². The molecular formula is C19H23ClN4O. The highest BCUT2D eigenvalue weighted by atomic mass is 35.5. The molecule has 0 spiro atoms. The van der Waals surface area contributed by atoms with Crippen molar-refractivity contribution in [3.8, 4) is 0 Å². The highest BCUT2D eigenvalue weighted by molar-refractivity contribution is 6.30. The van der Waals surface area contributed by atoms with Crippen molar-refractivity contribution in [3.63, 3.8) is 0 Å². The Morgan fingerprint density at radius 2 is 2.20 bits per heavy atom. The topological polar surface area (TPSA) is 59.0 Å². The van der Waals surface area contributed by atoms with Crippen LogP contribution in [0.25, 0.3) is 0 Å². The molecule has 2 aliphatic rings. The Balaban J connectivity index is 1.22. The third kappa shape index (κ3) is 3.82. The highest BCUT2D eigenvalue weighted by Gasteiger charge is 2.31. The second-order valence-electron chi connectivity index (χ2n) is 7.05. The Labute approximate surface area is 152 Å². The predicted molar refractivity (Wildman–Crippen MR) is 97.8 cm³/mol. The van der Waals surface area contributed by atoms with Gasteiger partial charge in [0.1, 0.15) is 5.82 Å². The van der Waals surface area contributed by atoms with Crippen LogP contribution in [0.1, 0.15) is 48.7 Å². The van der Waals surface area contributed by atoms with Gasteiger partial charge in [-0.15, -0.1) is 0 Å². The summed E-state index contributed by atoms with van der Waals surface area (Å²) in [6.45, 7) is 1.53. The van der Waals surface area contributed by atoms with Gasteiger partial charge in [-0.2, -0.15) is 0 Å². The first kappa shape index (κ1) is 16.5. The third-order valence-electron chi connectivity index (χ3n) is 5.18. The summed E-state index contributed by atoms with van der Waals surface area (Å²) in [5.74, 6) is 1.63. The smallest absolute Gasteiger partial charge is 0.315 e. The second kappa shape index (κ2) is 7.08. The fourth-order valence-corrected chi connectivity index (χ4v) is 3.93. The summed E-state index contributed by atoms with van der Waals surface area (Å²) in [7, 11) is 0. The number of aromatic nitrogens is 2. The van der Waals surface area contributed by atoms with Crippen molar-refractivity contribution in [1.29, 1.82) is 0 Å². The maximum Gasteiger partial charge on any atom is 0.315 e. The number of nitrogens with zero attached hydrogens (tertiary/aromatic N) is 2. The standard InChI is InChI=1S/C19H23ClN4O/c20-15-5-3-4-13(8-15)14-9-16(10-14)23-19(25)21-11-17-12-24-7-2-1-6-18(24)22-17/h3-5,8,12,14,16H,1-2,6-7,9-11H2,(H2,21,23,25). The van der Waals surface area contributed by atoms with Gasteiger partial charge in [-0.05, 0) is 49.3 Å². The van der Waals surface area contributed by atoms with Gasteiger partial charge in [0.2, 0.25) is 0 Å². The molecule has 132 valence electrons. The van der Waals surface area contributed by atoms with Gasteiger partial charge in [-0.3, -0.25) is 0 Å². The molecule has 5 nitrogen and oxygen atoms in total. The van der Waals surface area contributed by atoms with E-state index in [1.165, 1.54) is 18.4 Å². The van der Waals surface area contributed by atoms with Gasteiger partial charge in [0, 0.05) is 30.2 Å². The zero-order chi connectivity index (χ0) is 17.2. The molecular weight excluding hydrogens is 336 g/mol. The normalized spacial score (nSPS) is 22.0. The first-order valence-corrected chi connectivity index (χ1v) is 9.40. The molecule has 1 aliphatic carbocycles. The Kier molecular flexibility index (Phi) is 4.66. The molecule has 1 aromatic heterocycles. The predicted octanol–water partition coefficient (Wildman–Crippen LogP) is 3.62. The van der Waals surface area contributed by atoms with Crippen LogP contribution in [0.3, 0.4) is 0 Å². The van der Waals surface area contributed by atoms with Crippen molar-refractivity contribution in [2.75, 3.05) is 0 Å². The largest absolute Gasteiger partial charge is 0.335 e. The molecule has 2 amide bonds. The number of hydrogen-bond acceptors (Lipinski definition) is 2. The number of amides is 2. The van der Waals surface area contributed by atoms with E-state index in [2.05, 4.69) is 32.4 Å². The lowest BCUT2D eigenvalue weighted by atomic mass is 9.76. The quantitative estimate of drug-likeness (QED) is 0.877. The van der Waals surface area contributed by atoms with Crippen molar-refractivity contribution < 1.29 is 4.79 Å². The lowest BCUT2D eigenvalue weighted by Gasteiger charge is -2.36. The van der Waals surface area contributed by atoms with E-state index in [9.17, 15) is 4.79 Å². The summed E-state index contributed by atoms with van der Waals surface area (Å²) in [5.41, 5.74) is 2.20. The van der Waals surface area contributed by atoms with Crippen molar-refractivity contribution in [1.82, 2.24) is 20.2 Å². The molecule has 0 saturated heterocycles. The molecule has 0 unspecified atom stereocenters. The SMILES string of the molecule is O=C(NCc1cn2c(n1)CCCC2)NC1CC(c2cccc(Cl)c2)C1. The molecule has 1 aromatic carbocycles. The average Bonchev–Trinajstić information content (AvgIpc) is 2.99. The molecule has 1 saturated carbocycles. The van der Waals surface area contributed by atoms with E-state index >= 15 is 0 Å². The van der Waals surface area contributed by atoms with Crippen molar-refractivity contribution in [2.45, 2.75) is 57.2 Å². The Bertz CT molecular complexity index is 743. The zero-order valence-corrected chi connectivity index (χ0v) is 14.9. The molecule has 0 radical (unpaired) electrons. The Morgan fingerprint density at radius 3 is 3.00 bits per heavy atom. The zero-order valence-electron chi connectivity index (χ0n) is 14.2. The molecule has 25 heavy (non-hydrogen) atoms. The van der Waals surface area contributed by atoms with E-state index in [0.29, 0.717) is 12.5 Å². The molecule has 1 fully saturated rings. The van der Waals surface area contributed by atoms with Crippen LogP contribution >= 0.6 is 11.6 Å². The maximum atomic E-state index is 12.1. The number of hydrogen-bond donors (Lipinski definition) is 2. The van der Waals surface area contributed by atoms with Crippen LogP contribution < -0.4 is 10.6 Å². The molecule has 1 aliphatic heterocycles. The number of benzene rings is 1. The molecule has 6 heteroatoms.